The average Bonchev–Trinajstić information content (AvgIpc) is 3.31. The van der Waals surface area contributed by atoms with E-state index in [1.807, 2.05) is 11.0 Å². The molecule has 0 spiro atoms. The molecule has 0 saturated heterocycles. The number of amides is 3. The van der Waals surface area contributed by atoms with Gasteiger partial charge in [0.1, 0.15) is 5.76 Å². The van der Waals surface area contributed by atoms with Crippen molar-refractivity contribution in [1.82, 2.24) is 15.5 Å². The number of imide groups is 1. The Labute approximate surface area is 161 Å². The third-order valence-corrected chi connectivity index (χ3v) is 4.77. The second kappa shape index (κ2) is 8.58. The lowest BCUT2D eigenvalue weighted by atomic mass is 10.2. The van der Waals surface area contributed by atoms with Gasteiger partial charge in [0, 0.05) is 12.6 Å². The monoisotopic (exact) mass is 395 g/mol. The predicted octanol–water partition coefficient (Wildman–Crippen LogP) is 3.58. The maximum atomic E-state index is 12.2. The van der Waals surface area contributed by atoms with Crippen LogP contribution in [0.4, 0.5) is 4.79 Å². The summed E-state index contributed by atoms with van der Waals surface area (Å²) in [6.07, 6.45) is 3.61. The Morgan fingerprint density at radius 3 is 2.65 bits per heavy atom. The van der Waals surface area contributed by atoms with Crippen LogP contribution in [0.3, 0.4) is 0 Å². The molecule has 1 aromatic heterocycles. The van der Waals surface area contributed by atoms with E-state index >= 15 is 0 Å². The molecule has 1 saturated carbocycles. The predicted molar refractivity (Wildman–Crippen MR) is 99.0 cm³/mol. The summed E-state index contributed by atoms with van der Waals surface area (Å²) in [7, 11) is 0. The number of benzene rings is 1. The topological polar surface area (TPSA) is 74.6 Å². The fourth-order valence-electron chi connectivity index (χ4n) is 2.60. The Morgan fingerprint density at radius 2 is 2.00 bits per heavy atom. The highest BCUT2D eigenvalue weighted by Gasteiger charge is 2.30. The highest BCUT2D eigenvalue weighted by atomic mass is 35.5. The SMILES string of the molecule is O=C(CN(Cc1ccc(Cl)c(Cl)c1)C1CC1)NC(=O)NCc1ccco1. The molecule has 1 aliphatic rings. The maximum Gasteiger partial charge on any atom is 0.321 e. The molecular weight excluding hydrogens is 377 g/mol. The zero-order chi connectivity index (χ0) is 18.5. The second-order valence-electron chi connectivity index (χ2n) is 6.19. The van der Waals surface area contributed by atoms with Gasteiger partial charge in [-0.25, -0.2) is 4.79 Å². The van der Waals surface area contributed by atoms with Crippen molar-refractivity contribution in [3.63, 3.8) is 0 Å². The van der Waals surface area contributed by atoms with Gasteiger partial charge in [0.05, 0.1) is 29.4 Å². The molecule has 3 amide bonds. The van der Waals surface area contributed by atoms with Gasteiger partial charge in [0.15, 0.2) is 0 Å². The van der Waals surface area contributed by atoms with Gasteiger partial charge in [0.2, 0.25) is 5.91 Å². The minimum Gasteiger partial charge on any atom is -0.467 e. The first kappa shape index (κ1) is 18.8. The number of nitrogens with one attached hydrogen (secondary N) is 2. The Hall–Kier alpha value is -2.02. The van der Waals surface area contributed by atoms with Gasteiger partial charge in [-0.05, 0) is 42.7 Å². The summed E-state index contributed by atoms with van der Waals surface area (Å²) in [6.45, 7) is 0.934. The van der Waals surface area contributed by atoms with E-state index in [9.17, 15) is 9.59 Å². The molecule has 2 N–H and O–H groups in total. The zero-order valence-corrected chi connectivity index (χ0v) is 15.5. The van der Waals surface area contributed by atoms with Gasteiger partial charge in [-0.3, -0.25) is 15.0 Å². The van der Waals surface area contributed by atoms with Gasteiger partial charge in [-0.15, -0.1) is 0 Å². The molecule has 8 heteroatoms. The Kier molecular flexibility index (Phi) is 6.19. The Morgan fingerprint density at radius 1 is 1.19 bits per heavy atom. The molecule has 3 rings (SSSR count). The van der Waals surface area contributed by atoms with E-state index in [0.29, 0.717) is 28.4 Å². The quantitative estimate of drug-likeness (QED) is 0.751. The Balaban J connectivity index is 1.50. The van der Waals surface area contributed by atoms with Crippen LogP contribution in [-0.4, -0.2) is 29.4 Å². The maximum absolute atomic E-state index is 12.2. The van der Waals surface area contributed by atoms with Gasteiger partial charge >= 0.3 is 6.03 Å². The summed E-state index contributed by atoms with van der Waals surface area (Å²) in [5.74, 6) is 0.265. The van der Waals surface area contributed by atoms with Crippen LogP contribution in [0.15, 0.2) is 41.0 Å². The van der Waals surface area contributed by atoms with Crippen LogP contribution >= 0.6 is 23.2 Å². The van der Waals surface area contributed by atoms with Crippen LogP contribution in [0.25, 0.3) is 0 Å². The van der Waals surface area contributed by atoms with Crippen LogP contribution in [0, 0.1) is 0 Å². The van der Waals surface area contributed by atoms with Crippen molar-refractivity contribution < 1.29 is 14.0 Å². The summed E-state index contributed by atoms with van der Waals surface area (Å²) < 4.78 is 5.12. The molecule has 2 aromatic rings. The van der Waals surface area contributed by atoms with E-state index in [1.54, 1.807) is 24.3 Å². The number of halogens is 2. The normalized spacial score (nSPS) is 13.7. The largest absolute Gasteiger partial charge is 0.467 e. The van der Waals surface area contributed by atoms with Crippen LogP contribution in [0.5, 0.6) is 0 Å². The molecular formula is C18H19Cl2N3O3. The van der Waals surface area contributed by atoms with Crippen molar-refractivity contribution in [1.29, 1.82) is 0 Å². The van der Waals surface area contributed by atoms with Crippen LogP contribution in [0.1, 0.15) is 24.2 Å². The lowest BCUT2D eigenvalue weighted by Crippen LogP contribution is -2.44. The van der Waals surface area contributed by atoms with Crippen LogP contribution in [0.2, 0.25) is 10.0 Å². The number of nitrogens with zero attached hydrogens (tertiary/aromatic N) is 1. The molecule has 1 aromatic carbocycles. The molecule has 0 aliphatic heterocycles. The molecule has 26 heavy (non-hydrogen) atoms. The summed E-state index contributed by atoms with van der Waals surface area (Å²) in [6, 6.07) is 8.71. The van der Waals surface area contributed by atoms with E-state index < -0.39 is 6.03 Å². The minimum atomic E-state index is -0.545. The van der Waals surface area contributed by atoms with Gasteiger partial charge in [-0.2, -0.15) is 0 Å². The smallest absolute Gasteiger partial charge is 0.321 e. The number of furan rings is 1. The standard InChI is InChI=1S/C18H19Cl2N3O3/c19-15-6-3-12(8-16(15)20)10-23(13-4-5-13)11-17(24)22-18(25)21-9-14-2-1-7-26-14/h1-3,6-8,13H,4-5,9-11H2,(H2,21,22,24,25). The highest BCUT2D eigenvalue weighted by molar-refractivity contribution is 6.42. The number of carbonyl (C=O) groups excluding carboxylic acids is 2. The molecule has 138 valence electrons. The van der Waals surface area contributed by atoms with Gasteiger partial charge in [-0.1, -0.05) is 29.3 Å². The average molecular weight is 396 g/mol. The molecule has 1 heterocycles. The van der Waals surface area contributed by atoms with Gasteiger partial charge in [0.25, 0.3) is 0 Å². The molecule has 0 radical (unpaired) electrons. The summed E-state index contributed by atoms with van der Waals surface area (Å²) in [5.41, 5.74) is 0.973. The third kappa shape index (κ3) is 5.49. The third-order valence-electron chi connectivity index (χ3n) is 4.04. The highest BCUT2D eigenvalue weighted by Crippen LogP contribution is 2.29. The van der Waals surface area contributed by atoms with E-state index in [2.05, 4.69) is 10.6 Å². The van der Waals surface area contributed by atoms with Crippen molar-refractivity contribution in [3.8, 4) is 0 Å². The van der Waals surface area contributed by atoms with E-state index in [4.69, 9.17) is 27.6 Å². The molecule has 1 aliphatic carbocycles. The summed E-state index contributed by atoms with van der Waals surface area (Å²) >= 11 is 12.0. The van der Waals surface area contributed by atoms with E-state index in [-0.39, 0.29) is 19.0 Å². The van der Waals surface area contributed by atoms with Crippen molar-refractivity contribution in [2.24, 2.45) is 0 Å². The zero-order valence-electron chi connectivity index (χ0n) is 14.0. The lowest BCUT2D eigenvalue weighted by molar-refractivity contribution is -0.121. The van der Waals surface area contributed by atoms with E-state index in [0.717, 1.165) is 18.4 Å². The van der Waals surface area contributed by atoms with Crippen LogP contribution in [-0.2, 0) is 17.9 Å². The number of urea groups is 1. The first-order valence-electron chi connectivity index (χ1n) is 8.29. The molecule has 0 atom stereocenters. The lowest BCUT2D eigenvalue weighted by Gasteiger charge is -2.21. The number of hydrogen-bond donors (Lipinski definition) is 2. The van der Waals surface area contributed by atoms with Gasteiger partial charge < -0.3 is 9.73 Å². The molecule has 0 bridgehead atoms. The van der Waals surface area contributed by atoms with Crippen molar-refractivity contribution in [2.75, 3.05) is 6.54 Å². The first-order valence-corrected chi connectivity index (χ1v) is 9.05. The fourth-order valence-corrected chi connectivity index (χ4v) is 2.92. The van der Waals surface area contributed by atoms with Crippen molar-refractivity contribution in [3.05, 3.63) is 58.0 Å². The number of rotatable bonds is 7. The van der Waals surface area contributed by atoms with Crippen molar-refractivity contribution in [2.45, 2.75) is 32.0 Å². The minimum absolute atomic E-state index is 0.138. The van der Waals surface area contributed by atoms with Crippen LogP contribution < -0.4 is 10.6 Å². The molecule has 6 nitrogen and oxygen atoms in total. The fraction of sp³-hybridized carbons (Fsp3) is 0.333. The first-order chi connectivity index (χ1) is 12.5. The summed E-state index contributed by atoms with van der Waals surface area (Å²) in [4.78, 5) is 26.0. The molecule has 1 fully saturated rings. The van der Waals surface area contributed by atoms with Crippen molar-refractivity contribution >= 4 is 35.1 Å². The van der Waals surface area contributed by atoms with E-state index in [1.165, 1.54) is 6.26 Å². The summed E-state index contributed by atoms with van der Waals surface area (Å²) in [5, 5.41) is 5.91. The number of hydrogen-bond acceptors (Lipinski definition) is 4. The Bertz CT molecular complexity index is 776. The number of carbonyl (C=O) groups is 2. The molecule has 0 unspecified atom stereocenters. The second-order valence-corrected chi connectivity index (χ2v) is 7.01.